The van der Waals surface area contributed by atoms with Crippen LogP contribution >= 0.6 is 0 Å². The van der Waals surface area contributed by atoms with E-state index in [0.717, 1.165) is 37.1 Å². The molecule has 0 radical (unpaired) electrons. The van der Waals surface area contributed by atoms with E-state index >= 15 is 0 Å². The van der Waals surface area contributed by atoms with Gasteiger partial charge in [-0.2, -0.15) is 0 Å². The van der Waals surface area contributed by atoms with Crippen LogP contribution in [0.5, 0.6) is 0 Å². The molecule has 0 unspecified atom stereocenters. The molecule has 0 heterocycles. The maximum atomic E-state index is 5.41. The Bertz CT molecular complexity index is 1010. The molecule has 0 spiro atoms. The first-order valence-electron chi connectivity index (χ1n) is 19.0. The van der Waals surface area contributed by atoms with E-state index in [2.05, 4.69) is 77.9 Å². The molecule has 0 aliphatic carbocycles. The van der Waals surface area contributed by atoms with Crippen LogP contribution < -0.4 is 0 Å². The van der Waals surface area contributed by atoms with Crippen molar-refractivity contribution in [2.75, 3.05) is 0 Å². The van der Waals surface area contributed by atoms with Crippen molar-refractivity contribution in [1.29, 1.82) is 0 Å². The molecule has 0 bridgehead atoms. The van der Waals surface area contributed by atoms with E-state index in [4.69, 9.17) is 9.98 Å². The second-order valence-electron chi connectivity index (χ2n) is 13.1. The van der Waals surface area contributed by atoms with Crippen molar-refractivity contribution in [2.45, 2.75) is 183 Å². The van der Waals surface area contributed by atoms with Crippen LogP contribution in [0.1, 0.15) is 179 Å². The van der Waals surface area contributed by atoms with E-state index in [-0.39, 0.29) is 16.5 Å². The first kappa shape index (κ1) is 41.3. The summed E-state index contributed by atoms with van der Waals surface area (Å²) in [7, 11) is 0. The molecule has 2 aromatic rings. The Morgan fingerprint density at radius 2 is 0.711 bits per heavy atom. The molecule has 0 amide bonds. The zero-order valence-corrected chi connectivity index (χ0v) is 31.2. The number of aryl methyl sites for hydroxylation is 4. The summed E-state index contributed by atoms with van der Waals surface area (Å²) in [5.41, 5.74) is 10.8. The van der Waals surface area contributed by atoms with Crippen molar-refractivity contribution in [3.63, 3.8) is 0 Å². The quantitative estimate of drug-likeness (QED) is 0.0576. The Morgan fingerprint density at radius 1 is 0.400 bits per heavy atom. The predicted octanol–water partition coefficient (Wildman–Crippen LogP) is 13.8. The summed E-state index contributed by atoms with van der Waals surface area (Å²) < 4.78 is 0. The fourth-order valence-electron chi connectivity index (χ4n) is 6.11. The van der Waals surface area contributed by atoms with Crippen molar-refractivity contribution < 1.29 is 16.5 Å². The first-order valence-corrected chi connectivity index (χ1v) is 19.0. The molecule has 0 fully saturated rings. The number of benzene rings is 2. The van der Waals surface area contributed by atoms with E-state index in [0.29, 0.717) is 0 Å². The minimum atomic E-state index is 0. The molecule has 3 heteroatoms. The molecule has 0 saturated carbocycles. The molecule has 2 aromatic carbocycles. The zero-order valence-electron chi connectivity index (χ0n) is 30.2. The van der Waals surface area contributed by atoms with Crippen LogP contribution in [0.25, 0.3) is 0 Å². The van der Waals surface area contributed by atoms with Gasteiger partial charge >= 0.3 is 0 Å². The van der Waals surface area contributed by atoms with Crippen LogP contribution in [-0.4, -0.2) is 11.4 Å². The van der Waals surface area contributed by atoms with Gasteiger partial charge in [-0.3, -0.25) is 9.98 Å². The minimum absolute atomic E-state index is 0. The van der Waals surface area contributed by atoms with Crippen LogP contribution in [0, 0.1) is 0 Å². The monoisotopic (exact) mass is 658 g/mol. The van der Waals surface area contributed by atoms with Crippen LogP contribution in [0.15, 0.2) is 46.4 Å². The van der Waals surface area contributed by atoms with Gasteiger partial charge in [0.15, 0.2) is 0 Å². The van der Waals surface area contributed by atoms with Crippen LogP contribution in [0.3, 0.4) is 0 Å². The van der Waals surface area contributed by atoms with E-state index in [1.807, 2.05) is 0 Å². The molecule has 0 saturated heterocycles. The summed E-state index contributed by atoms with van der Waals surface area (Å²) in [6.07, 6.45) is 26.8. The summed E-state index contributed by atoms with van der Waals surface area (Å²) in [5.74, 6) is 0. The van der Waals surface area contributed by atoms with E-state index in [9.17, 15) is 0 Å². The third-order valence-electron chi connectivity index (χ3n) is 8.97. The van der Waals surface area contributed by atoms with Crippen LogP contribution in [0.2, 0.25) is 0 Å². The predicted molar refractivity (Wildman–Crippen MR) is 199 cm³/mol. The topological polar surface area (TPSA) is 24.7 Å². The molecule has 0 aliphatic rings. The Balaban J connectivity index is 0.0000101. The number of nitrogens with zero attached hydrogens (tertiary/aromatic N) is 2. The summed E-state index contributed by atoms with van der Waals surface area (Å²) in [4.78, 5) is 10.8. The van der Waals surface area contributed by atoms with Crippen molar-refractivity contribution in [1.82, 2.24) is 0 Å². The van der Waals surface area contributed by atoms with Crippen molar-refractivity contribution in [3.8, 4) is 0 Å². The van der Waals surface area contributed by atoms with Crippen LogP contribution in [-0.2, 0) is 42.2 Å². The van der Waals surface area contributed by atoms with Gasteiger partial charge in [-0.15, -0.1) is 0 Å². The van der Waals surface area contributed by atoms with Gasteiger partial charge in [0.2, 0.25) is 0 Å². The fourth-order valence-corrected chi connectivity index (χ4v) is 6.11. The van der Waals surface area contributed by atoms with E-state index in [1.54, 1.807) is 0 Å². The standard InChI is InChI=1S/C42H68N2.Ni/c1-7-13-19-23-35-29-31-39(33-37(35)25-21-15-9-3)43-41(27-17-11-5)42(28-18-12-6)44-40-32-30-36(24-20-14-8-2)38(34-40)26-22-16-10-4;/h29-34H,7-28H2,1-6H3;. The van der Waals surface area contributed by atoms with Crippen molar-refractivity contribution in [3.05, 3.63) is 58.7 Å². The normalized spacial score (nSPS) is 12.0. The van der Waals surface area contributed by atoms with E-state index in [1.165, 1.54) is 149 Å². The molecule has 0 aliphatic heterocycles. The van der Waals surface area contributed by atoms with E-state index < -0.39 is 0 Å². The Hall–Kier alpha value is -1.73. The first-order chi connectivity index (χ1) is 21.6. The number of rotatable bonds is 25. The Kier molecular flexibility index (Phi) is 24.2. The average molecular weight is 660 g/mol. The molecule has 0 aromatic heterocycles. The van der Waals surface area contributed by atoms with Gasteiger partial charge in [0, 0.05) is 16.5 Å². The molecule has 0 atom stereocenters. The fraction of sp³-hybridized carbons (Fsp3) is 0.667. The smallest absolute Gasteiger partial charge is 0.0636 e. The van der Waals surface area contributed by atoms with Gasteiger partial charge in [-0.05, 0) is 124 Å². The summed E-state index contributed by atoms with van der Waals surface area (Å²) >= 11 is 0. The van der Waals surface area contributed by atoms with Crippen LogP contribution in [0.4, 0.5) is 11.4 Å². The van der Waals surface area contributed by atoms with Crippen molar-refractivity contribution in [2.24, 2.45) is 9.98 Å². The molecular formula is C42H68N2Ni. The van der Waals surface area contributed by atoms with Gasteiger partial charge in [-0.1, -0.05) is 118 Å². The van der Waals surface area contributed by atoms with Gasteiger partial charge in [0.1, 0.15) is 0 Å². The maximum absolute atomic E-state index is 5.41. The van der Waals surface area contributed by atoms with Gasteiger partial charge in [-0.25, -0.2) is 0 Å². The molecule has 45 heavy (non-hydrogen) atoms. The maximum Gasteiger partial charge on any atom is 0.0636 e. The summed E-state index contributed by atoms with van der Waals surface area (Å²) in [6.45, 7) is 13.8. The summed E-state index contributed by atoms with van der Waals surface area (Å²) in [5, 5.41) is 0. The molecule has 256 valence electrons. The third-order valence-corrected chi connectivity index (χ3v) is 8.97. The molecule has 0 N–H and O–H groups in total. The second-order valence-corrected chi connectivity index (χ2v) is 13.1. The second kappa shape index (κ2) is 26.4. The molecule has 2 rings (SSSR count). The van der Waals surface area contributed by atoms with Gasteiger partial charge in [0.05, 0.1) is 22.8 Å². The number of unbranched alkanes of at least 4 members (excludes halogenated alkanes) is 10. The summed E-state index contributed by atoms with van der Waals surface area (Å²) in [6, 6.07) is 14.2. The SMILES string of the molecule is CCCCCc1ccc(N=C(CCCC)C(CCCC)=Nc2ccc(CCCCC)c(CCCCC)c2)cc1CCCCC.[Ni]. The third kappa shape index (κ3) is 16.6. The average Bonchev–Trinajstić information content (AvgIpc) is 3.03. The Labute approximate surface area is 289 Å². The largest absolute Gasteiger partial charge is 0.252 e. The van der Waals surface area contributed by atoms with Crippen molar-refractivity contribution >= 4 is 22.8 Å². The molecule has 2 nitrogen and oxygen atoms in total. The van der Waals surface area contributed by atoms with Gasteiger partial charge in [0.25, 0.3) is 0 Å². The number of aliphatic imine (C=N–C) groups is 2. The zero-order chi connectivity index (χ0) is 31.8. The van der Waals surface area contributed by atoms with Gasteiger partial charge < -0.3 is 0 Å². The molecular weight excluding hydrogens is 591 g/mol. The number of hydrogen-bond acceptors (Lipinski definition) is 2. The Morgan fingerprint density at radius 3 is 1.02 bits per heavy atom. The number of hydrogen-bond donors (Lipinski definition) is 0. The minimum Gasteiger partial charge on any atom is -0.252 e.